The highest BCUT2D eigenvalue weighted by Gasteiger charge is 2.37. The molecular weight excluding hydrogens is 364 g/mol. The van der Waals surface area contributed by atoms with Crippen molar-refractivity contribution in [3.8, 4) is 5.75 Å². The summed E-state index contributed by atoms with van der Waals surface area (Å²) < 4.78 is 5.69. The van der Waals surface area contributed by atoms with Gasteiger partial charge in [-0.05, 0) is 36.3 Å². The minimum Gasteiger partial charge on any atom is -0.507 e. The topological polar surface area (TPSA) is 70.7 Å². The van der Waals surface area contributed by atoms with Crippen molar-refractivity contribution in [2.24, 2.45) is 5.92 Å². The fraction of sp³-hybridized carbons (Fsp3) is 0.320. The molecule has 0 amide bonds. The lowest BCUT2D eigenvalue weighted by atomic mass is 9.86. The van der Waals surface area contributed by atoms with E-state index in [0.717, 1.165) is 24.0 Å². The van der Waals surface area contributed by atoms with Crippen LogP contribution in [-0.2, 0) is 0 Å². The van der Waals surface area contributed by atoms with Gasteiger partial charge in [0.1, 0.15) is 11.5 Å². The Hall–Kier alpha value is -2.85. The summed E-state index contributed by atoms with van der Waals surface area (Å²) in [6.45, 7) is 1.93. The molecule has 4 rings (SSSR count). The zero-order chi connectivity index (χ0) is 20.4. The average molecular weight is 390 g/mol. The zero-order valence-corrected chi connectivity index (χ0v) is 16.5. The zero-order valence-electron chi connectivity index (χ0n) is 16.5. The lowest BCUT2D eigenvalue weighted by Crippen LogP contribution is -2.19. The summed E-state index contributed by atoms with van der Waals surface area (Å²) >= 11 is 0. The normalized spacial score (nSPS) is 16.9. The number of hydrogen-bond acceptors (Lipinski definition) is 4. The lowest BCUT2D eigenvalue weighted by Gasteiger charge is -2.23. The molecular formula is C25H26O4. The SMILES string of the molecule is CC[C@@H](c1cc(O)c([C@H](c2ccccc2)C2CC2)c(=O)o1)[C@@H](O)c1ccccc1. The molecule has 29 heavy (non-hydrogen) atoms. The molecule has 2 N–H and O–H groups in total. The van der Waals surface area contributed by atoms with E-state index in [9.17, 15) is 15.0 Å². The number of rotatable bonds is 7. The van der Waals surface area contributed by atoms with E-state index in [0.29, 0.717) is 23.7 Å². The summed E-state index contributed by atoms with van der Waals surface area (Å²) in [6.07, 6.45) is 1.82. The number of benzene rings is 2. The summed E-state index contributed by atoms with van der Waals surface area (Å²) in [5.41, 5.74) is 1.58. The van der Waals surface area contributed by atoms with E-state index < -0.39 is 17.6 Å². The second kappa shape index (κ2) is 8.26. The number of aromatic hydroxyl groups is 1. The molecule has 0 radical (unpaired) electrons. The minimum atomic E-state index is -0.817. The highest BCUT2D eigenvalue weighted by atomic mass is 16.4. The number of aliphatic hydroxyl groups is 1. The van der Waals surface area contributed by atoms with Crippen molar-refractivity contribution >= 4 is 0 Å². The maximum atomic E-state index is 13.0. The lowest BCUT2D eigenvalue weighted by molar-refractivity contribution is 0.129. The Morgan fingerprint density at radius 2 is 1.59 bits per heavy atom. The summed E-state index contributed by atoms with van der Waals surface area (Å²) in [6, 6.07) is 20.6. The largest absolute Gasteiger partial charge is 0.507 e. The van der Waals surface area contributed by atoms with Crippen LogP contribution in [0.25, 0.3) is 0 Å². The molecule has 1 saturated carbocycles. The molecule has 0 aliphatic heterocycles. The third-order valence-electron chi connectivity index (χ3n) is 5.88. The predicted octanol–water partition coefficient (Wildman–Crippen LogP) is 5.11. The highest BCUT2D eigenvalue weighted by molar-refractivity contribution is 5.42. The van der Waals surface area contributed by atoms with Gasteiger partial charge in [0, 0.05) is 17.9 Å². The van der Waals surface area contributed by atoms with Crippen LogP contribution in [0.15, 0.2) is 75.9 Å². The van der Waals surface area contributed by atoms with Crippen molar-refractivity contribution in [1.82, 2.24) is 0 Å². The Labute approximate surface area is 170 Å². The first-order valence-electron chi connectivity index (χ1n) is 10.2. The van der Waals surface area contributed by atoms with Crippen LogP contribution in [0.5, 0.6) is 5.75 Å². The Morgan fingerprint density at radius 1 is 1.00 bits per heavy atom. The molecule has 0 bridgehead atoms. The first-order valence-corrected chi connectivity index (χ1v) is 10.2. The fourth-order valence-corrected chi connectivity index (χ4v) is 4.20. The van der Waals surface area contributed by atoms with Crippen LogP contribution in [0.1, 0.15) is 66.6 Å². The van der Waals surface area contributed by atoms with E-state index in [4.69, 9.17) is 4.42 Å². The monoisotopic (exact) mass is 390 g/mol. The third kappa shape index (κ3) is 3.99. The summed E-state index contributed by atoms with van der Waals surface area (Å²) in [7, 11) is 0. The maximum Gasteiger partial charge on any atom is 0.343 e. The van der Waals surface area contributed by atoms with Crippen molar-refractivity contribution in [3.05, 3.63) is 99.6 Å². The van der Waals surface area contributed by atoms with Crippen molar-refractivity contribution < 1.29 is 14.6 Å². The molecule has 2 aromatic carbocycles. The van der Waals surface area contributed by atoms with Gasteiger partial charge in [0.2, 0.25) is 0 Å². The molecule has 1 aromatic heterocycles. The van der Waals surface area contributed by atoms with E-state index >= 15 is 0 Å². The Balaban J connectivity index is 1.72. The second-order valence-corrected chi connectivity index (χ2v) is 7.83. The van der Waals surface area contributed by atoms with Gasteiger partial charge in [0.05, 0.1) is 11.7 Å². The maximum absolute atomic E-state index is 13.0. The Kier molecular flexibility index (Phi) is 5.54. The molecule has 0 spiro atoms. The van der Waals surface area contributed by atoms with E-state index in [-0.39, 0.29) is 11.7 Å². The van der Waals surface area contributed by atoms with Gasteiger partial charge < -0.3 is 14.6 Å². The standard InChI is InChI=1S/C25H26O4/c1-2-19(24(27)18-11-7-4-8-12-18)21-15-20(26)23(25(28)29-21)22(17-13-14-17)16-9-5-3-6-10-16/h3-12,15,17,19,22,24,26-27H,2,13-14H2,1H3/t19-,22+,24-/m0/s1. The minimum absolute atomic E-state index is 0.0456. The molecule has 150 valence electrons. The second-order valence-electron chi connectivity index (χ2n) is 7.83. The number of aliphatic hydroxyl groups excluding tert-OH is 1. The summed E-state index contributed by atoms with van der Waals surface area (Å²) in [4.78, 5) is 13.0. The Morgan fingerprint density at radius 3 is 2.10 bits per heavy atom. The van der Waals surface area contributed by atoms with Gasteiger partial charge in [-0.15, -0.1) is 0 Å². The van der Waals surface area contributed by atoms with Gasteiger partial charge in [0.15, 0.2) is 0 Å². The Bertz CT molecular complexity index is 1010. The third-order valence-corrected chi connectivity index (χ3v) is 5.88. The van der Waals surface area contributed by atoms with Gasteiger partial charge in [-0.25, -0.2) is 4.79 Å². The molecule has 0 saturated heterocycles. The highest BCUT2D eigenvalue weighted by Crippen LogP contribution is 2.48. The fourth-order valence-electron chi connectivity index (χ4n) is 4.20. The van der Waals surface area contributed by atoms with E-state index in [2.05, 4.69) is 0 Å². The van der Waals surface area contributed by atoms with Crippen LogP contribution in [0.3, 0.4) is 0 Å². The van der Waals surface area contributed by atoms with Crippen LogP contribution in [0.4, 0.5) is 0 Å². The first-order chi connectivity index (χ1) is 14.1. The molecule has 4 nitrogen and oxygen atoms in total. The van der Waals surface area contributed by atoms with E-state index in [1.54, 1.807) is 0 Å². The molecule has 3 aromatic rings. The van der Waals surface area contributed by atoms with Crippen LogP contribution in [-0.4, -0.2) is 10.2 Å². The van der Waals surface area contributed by atoms with Crippen LogP contribution in [0.2, 0.25) is 0 Å². The van der Waals surface area contributed by atoms with Gasteiger partial charge in [-0.1, -0.05) is 67.6 Å². The molecule has 1 aliphatic carbocycles. The van der Waals surface area contributed by atoms with Crippen molar-refractivity contribution in [2.45, 2.75) is 44.1 Å². The number of hydrogen-bond donors (Lipinski definition) is 2. The summed E-state index contributed by atoms with van der Waals surface area (Å²) in [5.74, 6) is 0.0316. The van der Waals surface area contributed by atoms with Crippen LogP contribution >= 0.6 is 0 Å². The summed E-state index contributed by atoms with van der Waals surface area (Å²) in [5, 5.41) is 21.7. The molecule has 1 fully saturated rings. The van der Waals surface area contributed by atoms with Crippen LogP contribution in [0, 0.1) is 5.92 Å². The van der Waals surface area contributed by atoms with Crippen molar-refractivity contribution in [3.63, 3.8) is 0 Å². The van der Waals surface area contributed by atoms with Gasteiger partial charge >= 0.3 is 5.63 Å². The van der Waals surface area contributed by atoms with Crippen LogP contribution < -0.4 is 5.63 Å². The molecule has 3 atom stereocenters. The van der Waals surface area contributed by atoms with Crippen molar-refractivity contribution in [1.29, 1.82) is 0 Å². The quantitative estimate of drug-likeness (QED) is 0.588. The molecule has 1 heterocycles. The predicted molar refractivity (Wildman–Crippen MR) is 112 cm³/mol. The van der Waals surface area contributed by atoms with Gasteiger partial charge in [-0.2, -0.15) is 0 Å². The molecule has 1 aliphatic rings. The first kappa shape index (κ1) is 19.5. The smallest absolute Gasteiger partial charge is 0.343 e. The van der Waals surface area contributed by atoms with Gasteiger partial charge in [0.25, 0.3) is 0 Å². The molecule has 4 heteroatoms. The van der Waals surface area contributed by atoms with E-state index in [1.165, 1.54) is 6.07 Å². The molecule has 0 unspecified atom stereocenters. The van der Waals surface area contributed by atoms with Crippen molar-refractivity contribution in [2.75, 3.05) is 0 Å². The average Bonchev–Trinajstić information content (AvgIpc) is 3.57. The van der Waals surface area contributed by atoms with E-state index in [1.807, 2.05) is 67.6 Å². The van der Waals surface area contributed by atoms with Gasteiger partial charge in [-0.3, -0.25) is 0 Å².